The van der Waals surface area contributed by atoms with Gasteiger partial charge in [0.05, 0.1) is 5.56 Å². The summed E-state index contributed by atoms with van der Waals surface area (Å²) in [7, 11) is 0. The first-order valence-corrected chi connectivity index (χ1v) is 7.88. The van der Waals surface area contributed by atoms with Crippen LogP contribution in [0.25, 0.3) is 10.9 Å². The molecule has 3 rings (SSSR count). The summed E-state index contributed by atoms with van der Waals surface area (Å²) >= 11 is 0. The Morgan fingerprint density at radius 1 is 1.38 bits per heavy atom. The molecule has 2 heterocycles. The van der Waals surface area contributed by atoms with Gasteiger partial charge in [-0.2, -0.15) is 0 Å². The summed E-state index contributed by atoms with van der Waals surface area (Å²) in [6, 6.07) is 6.04. The second-order valence-electron chi connectivity index (χ2n) is 5.92. The lowest BCUT2D eigenvalue weighted by Crippen LogP contribution is -2.39. The smallest absolute Gasteiger partial charge is 0.256 e. The maximum absolute atomic E-state index is 13.0. The van der Waals surface area contributed by atoms with Crippen molar-refractivity contribution in [2.75, 3.05) is 12.3 Å². The first-order valence-electron chi connectivity index (χ1n) is 7.88. The largest absolute Gasteiger partial charge is 0.399 e. The molecular weight excluding hydrogens is 262 g/mol. The van der Waals surface area contributed by atoms with Crippen molar-refractivity contribution >= 4 is 22.5 Å². The SMILES string of the molecule is CCC1CCCCCN1C(=O)c1c[nH]c2ccc(N)cc12. The number of benzene rings is 1. The highest BCUT2D eigenvalue weighted by molar-refractivity contribution is 6.07. The van der Waals surface area contributed by atoms with E-state index in [1.54, 1.807) is 0 Å². The lowest BCUT2D eigenvalue weighted by atomic mass is 10.1. The van der Waals surface area contributed by atoms with E-state index >= 15 is 0 Å². The van der Waals surface area contributed by atoms with Gasteiger partial charge in [-0.3, -0.25) is 4.79 Å². The number of carbonyl (C=O) groups excluding carboxylic acids is 1. The second-order valence-corrected chi connectivity index (χ2v) is 5.92. The molecule has 1 aliphatic heterocycles. The summed E-state index contributed by atoms with van der Waals surface area (Å²) in [6.07, 6.45) is 7.52. The van der Waals surface area contributed by atoms with Crippen LogP contribution in [0.4, 0.5) is 5.69 Å². The normalized spacial score (nSPS) is 19.7. The zero-order chi connectivity index (χ0) is 14.8. The topological polar surface area (TPSA) is 62.1 Å². The molecule has 0 radical (unpaired) electrons. The van der Waals surface area contributed by atoms with Gasteiger partial charge in [0, 0.05) is 35.4 Å². The van der Waals surface area contributed by atoms with Gasteiger partial charge in [-0.1, -0.05) is 19.8 Å². The van der Waals surface area contributed by atoms with Crippen LogP contribution in [0.3, 0.4) is 0 Å². The fraction of sp³-hybridized carbons (Fsp3) is 0.471. The number of aromatic nitrogens is 1. The van der Waals surface area contributed by atoms with Crippen LogP contribution in [0.2, 0.25) is 0 Å². The molecule has 3 N–H and O–H groups in total. The Morgan fingerprint density at radius 3 is 3.05 bits per heavy atom. The molecule has 112 valence electrons. The number of anilines is 1. The molecule has 1 amide bonds. The van der Waals surface area contributed by atoms with Gasteiger partial charge >= 0.3 is 0 Å². The highest BCUT2D eigenvalue weighted by atomic mass is 16.2. The van der Waals surface area contributed by atoms with E-state index in [2.05, 4.69) is 16.8 Å². The Balaban J connectivity index is 1.96. The zero-order valence-electron chi connectivity index (χ0n) is 12.6. The Labute approximate surface area is 125 Å². The van der Waals surface area contributed by atoms with Crippen molar-refractivity contribution in [2.45, 2.75) is 45.1 Å². The minimum Gasteiger partial charge on any atom is -0.399 e. The van der Waals surface area contributed by atoms with Crippen LogP contribution in [0.5, 0.6) is 0 Å². The predicted octanol–water partition coefficient (Wildman–Crippen LogP) is 3.54. The molecule has 2 aromatic rings. The van der Waals surface area contributed by atoms with Gasteiger partial charge in [-0.25, -0.2) is 0 Å². The Morgan fingerprint density at radius 2 is 2.24 bits per heavy atom. The third-order valence-corrected chi connectivity index (χ3v) is 4.55. The minimum absolute atomic E-state index is 0.139. The van der Waals surface area contributed by atoms with Crippen molar-refractivity contribution in [2.24, 2.45) is 0 Å². The quantitative estimate of drug-likeness (QED) is 0.829. The average molecular weight is 285 g/mol. The number of nitrogen functional groups attached to an aromatic ring is 1. The minimum atomic E-state index is 0.139. The molecular formula is C17H23N3O. The number of hydrogen-bond donors (Lipinski definition) is 2. The van der Waals surface area contributed by atoms with E-state index in [0.29, 0.717) is 11.7 Å². The summed E-state index contributed by atoms with van der Waals surface area (Å²) in [6.45, 7) is 3.04. The number of amides is 1. The van der Waals surface area contributed by atoms with Crippen LogP contribution < -0.4 is 5.73 Å². The first-order chi connectivity index (χ1) is 10.2. The van der Waals surface area contributed by atoms with E-state index < -0.39 is 0 Å². The van der Waals surface area contributed by atoms with Crippen molar-refractivity contribution < 1.29 is 4.79 Å². The molecule has 1 atom stereocenters. The number of rotatable bonds is 2. The maximum atomic E-state index is 13.0. The van der Waals surface area contributed by atoms with Crippen LogP contribution in [0.15, 0.2) is 24.4 Å². The Bertz CT molecular complexity index is 647. The molecule has 1 aromatic heterocycles. The number of nitrogens with two attached hydrogens (primary N) is 1. The van der Waals surface area contributed by atoms with E-state index in [0.717, 1.165) is 42.3 Å². The zero-order valence-corrected chi connectivity index (χ0v) is 12.6. The first kappa shape index (κ1) is 14.0. The van der Waals surface area contributed by atoms with Gasteiger partial charge < -0.3 is 15.6 Å². The lowest BCUT2D eigenvalue weighted by molar-refractivity contribution is 0.0680. The van der Waals surface area contributed by atoms with E-state index in [-0.39, 0.29) is 5.91 Å². The highest BCUT2D eigenvalue weighted by Crippen LogP contribution is 2.26. The van der Waals surface area contributed by atoms with Crippen molar-refractivity contribution in [3.63, 3.8) is 0 Å². The van der Waals surface area contributed by atoms with Gasteiger partial charge in [0.2, 0.25) is 0 Å². The molecule has 1 unspecified atom stereocenters. The molecule has 1 aromatic carbocycles. The van der Waals surface area contributed by atoms with Gasteiger partial charge in [0.25, 0.3) is 5.91 Å². The molecule has 0 saturated carbocycles. The number of hydrogen-bond acceptors (Lipinski definition) is 2. The van der Waals surface area contributed by atoms with Crippen LogP contribution in [0.1, 0.15) is 49.4 Å². The fourth-order valence-electron chi connectivity index (χ4n) is 3.34. The molecule has 4 heteroatoms. The monoisotopic (exact) mass is 285 g/mol. The van der Waals surface area contributed by atoms with Gasteiger partial charge in [-0.15, -0.1) is 0 Å². The number of aromatic amines is 1. The molecule has 1 aliphatic rings. The van der Waals surface area contributed by atoms with Crippen molar-refractivity contribution in [1.82, 2.24) is 9.88 Å². The third kappa shape index (κ3) is 2.62. The second kappa shape index (κ2) is 5.80. The summed E-state index contributed by atoms with van der Waals surface area (Å²) in [5.41, 5.74) is 8.28. The van der Waals surface area contributed by atoms with E-state index in [4.69, 9.17) is 5.73 Å². The van der Waals surface area contributed by atoms with Gasteiger partial charge in [-0.05, 0) is 37.5 Å². The van der Waals surface area contributed by atoms with E-state index in [1.165, 1.54) is 12.8 Å². The van der Waals surface area contributed by atoms with Crippen LogP contribution in [-0.4, -0.2) is 28.4 Å². The third-order valence-electron chi connectivity index (χ3n) is 4.55. The number of nitrogens with zero attached hydrogens (tertiary/aromatic N) is 1. The molecule has 0 spiro atoms. The van der Waals surface area contributed by atoms with Crippen molar-refractivity contribution in [3.8, 4) is 0 Å². The van der Waals surface area contributed by atoms with Gasteiger partial charge in [0.15, 0.2) is 0 Å². The Kier molecular flexibility index (Phi) is 3.86. The fourth-order valence-corrected chi connectivity index (χ4v) is 3.34. The molecule has 21 heavy (non-hydrogen) atoms. The summed E-state index contributed by atoms with van der Waals surface area (Å²) in [4.78, 5) is 18.2. The molecule has 0 bridgehead atoms. The van der Waals surface area contributed by atoms with Crippen LogP contribution in [-0.2, 0) is 0 Å². The van der Waals surface area contributed by atoms with E-state index in [9.17, 15) is 4.79 Å². The number of fused-ring (bicyclic) bond motifs is 1. The highest BCUT2D eigenvalue weighted by Gasteiger charge is 2.26. The van der Waals surface area contributed by atoms with Crippen LogP contribution >= 0.6 is 0 Å². The predicted molar refractivity (Wildman–Crippen MR) is 86.3 cm³/mol. The Hall–Kier alpha value is -1.97. The molecule has 0 aliphatic carbocycles. The summed E-state index contributed by atoms with van der Waals surface area (Å²) < 4.78 is 0. The maximum Gasteiger partial charge on any atom is 0.256 e. The summed E-state index contributed by atoms with van der Waals surface area (Å²) in [5.74, 6) is 0.139. The number of nitrogens with one attached hydrogen (secondary N) is 1. The van der Waals surface area contributed by atoms with Crippen LogP contribution in [0, 0.1) is 0 Å². The number of likely N-dealkylation sites (tertiary alicyclic amines) is 1. The van der Waals surface area contributed by atoms with Crippen molar-refractivity contribution in [1.29, 1.82) is 0 Å². The van der Waals surface area contributed by atoms with Crippen molar-refractivity contribution in [3.05, 3.63) is 30.0 Å². The lowest BCUT2D eigenvalue weighted by Gasteiger charge is -2.29. The molecule has 4 nitrogen and oxygen atoms in total. The molecule has 1 saturated heterocycles. The molecule has 1 fully saturated rings. The number of H-pyrrole nitrogens is 1. The number of carbonyl (C=O) groups is 1. The summed E-state index contributed by atoms with van der Waals surface area (Å²) in [5, 5.41) is 0.930. The average Bonchev–Trinajstić information content (AvgIpc) is 2.75. The standard InChI is InChI=1S/C17H23N3O/c1-2-13-6-4-3-5-9-20(13)17(21)15-11-19-16-8-7-12(18)10-14(15)16/h7-8,10-11,13,19H,2-6,9,18H2,1H3. The van der Waals surface area contributed by atoms with Gasteiger partial charge in [0.1, 0.15) is 0 Å². The van der Waals surface area contributed by atoms with E-state index in [1.807, 2.05) is 24.4 Å².